The van der Waals surface area contributed by atoms with E-state index in [0.29, 0.717) is 29.7 Å². The fourth-order valence-electron chi connectivity index (χ4n) is 5.85. The van der Waals surface area contributed by atoms with Crippen molar-refractivity contribution in [3.05, 3.63) is 89.2 Å². The molecule has 2 atom stereocenters. The highest BCUT2D eigenvalue weighted by atomic mass is 16.3. The van der Waals surface area contributed by atoms with E-state index in [1.165, 1.54) is 0 Å². The maximum absolute atomic E-state index is 13.4. The van der Waals surface area contributed by atoms with Gasteiger partial charge in [-0.15, -0.1) is 0 Å². The van der Waals surface area contributed by atoms with Crippen molar-refractivity contribution >= 4 is 23.3 Å². The summed E-state index contributed by atoms with van der Waals surface area (Å²) >= 11 is 0. The second-order valence-corrected chi connectivity index (χ2v) is 12.0. The highest BCUT2D eigenvalue weighted by Crippen LogP contribution is 2.34. The quantitative estimate of drug-likeness (QED) is 0.318. The van der Waals surface area contributed by atoms with Gasteiger partial charge in [0.05, 0.1) is 17.6 Å². The minimum absolute atomic E-state index is 0.0660. The Kier molecular flexibility index (Phi) is 8.87. The van der Waals surface area contributed by atoms with Gasteiger partial charge >= 0.3 is 0 Å². The average Bonchev–Trinajstić information content (AvgIpc) is 3.21. The number of phenolic OH excluding ortho intramolecular Hbond substituents is 1. The number of piperidine rings is 1. The van der Waals surface area contributed by atoms with Crippen LogP contribution in [0.15, 0.2) is 67.0 Å². The largest absolute Gasteiger partial charge is 0.507 e. The zero-order valence-corrected chi connectivity index (χ0v) is 24.2. The predicted octanol–water partition coefficient (Wildman–Crippen LogP) is 3.93. The average molecular weight is 570 g/mol. The standard InChI is InChI=1S/C33H39N5O4/c1-33(2)14-4-18-38(21-33)25-10-11-29(39)26(19-25)30(40)22-6-8-23(9-7-22)31(41)36-27-5-3-15-35-20-28(27)37-32(42)24-12-16-34-17-13-24/h6-13,16-17,19,27-28,35,39H,3-5,14-15,18,20-21H2,1-2H3,(H,36,41)(H,37,42). The minimum Gasteiger partial charge on any atom is -0.507 e. The van der Waals surface area contributed by atoms with E-state index in [0.717, 1.165) is 44.6 Å². The van der Waals surface area contributed by atoms with Crippen LogP contribution in [0.25, 0.3) is 0 Å². The second kappa shape index (κ2) is 12.7. The lowest BCUT2D eigenvalue weighted by molar-refractivity contribution is 0.0882. The molecule has 2 fully saturated rings. The normalized spacial score (nSPS) is 20.3. The molecule has 2 aliphatic heterocycles. The molecule has 2 amide bonds. The summed E-state index contributed by atoms with van der Waals surface area (Å²) < 4.78 is 0. The van der Waals surface area contributed by atoms with Crippen LogP contribution in [0.3, 0.4) is 0 Å². The first kappa shape index (κ1) is 29.3. The number of ketones is 1. The Balaban J connectivity index is 1.26. The molecule has 3 aromatic rings. The molecule has 0 aliphatic carbocycles. The van der Waals surface area contributed by atoms with E-state index >= 15 is 0 Å². The number of amides is 2. The van der Waals surface area contributed by atoms with Gasteiger partial charge in [0.2, 0.25) is 0 Å². The van der Waals surface area contributed by atoms with Crippen LogP contribution in [0.4, 0.5) is 5.69 Å². The molecule has 2 aromatic carbocycles. The number of pyridine rings is 1. The van der Waals surface area contributed by atoms with Crippen molar-refractivity contribution in [1.82, 2.24) is 20.9 Å². The van der Waals surface area contributed by atoms with Crippen LogP contribution < -0.4 is 20.9 Å². The van der Waals surface area contributed by atoms with Crippen molar-refractivity contribution in [2.75, 3.05) is 31.1 Å². The molecule has 0 bridgehead atoms. The Hall–Kier alpha value is -4.24. The molecule has 2 unspecified atom stereocenters. The van der Waals surface area contributed by atoms with Gasteiger partial charge in [-0.25, -0.2) is 0 Å². The van der Waals surface area contributed by atoms with Crippen LogP contribution >= 0.6 is 0 Å². The highest BCUT2D eigenvalue weighted by molar-refractivity contribution is 6.11. The van der Waals surface area contributed by atoms with Crippen molar-refractivity contribution in [2.45, 2.75) is 51.6 Å². The first-order valence-corrected chi connectivity index (χ1v) is 14.7. The predicted molar refractivity (Wildman–Crippen MR) is 162 cm³/mol. The van der Waals surface area contributed by atoms with E-state index in [2.05, 4.69) is 39.7 Å². The van der Waals surface area contributed by atoms with E-state index < -0.39 is 0 Å². The number of hydrogen-bond donors (Lipinski definition) is 4. The number of anilines is 1. The molecule has 0 saturated carbocycles. The van der Waals surface area contributed by atoms with E-state index in [1.807, 2.05) is 6.07 Å². The number of nitrogens with zero attached hydrogens (tertiary/aromatic N) is 2. The molecule has 220 valence electrons. The molecule has 9 nitrogen and oxygen atoms in total. The summed E-state index contributed by atoms with van der Waals surface area (Å²) in [7, 11) is 0. The smallest absolute Gasteiger partial charge is 0.251 e. The fraction of sp³-hybridized carbons (Fsp3) is 0.394. The van der Waals surface area contributed by atoms with Gasteiger partial charge in [-0.3, -0.25) is 19.4 Å². The summed E-state index contributed by atoms with van der Waals surface area (Å²) in [6.45, 7) is 7.63. The summed E-state index contributed by atoms with van der Waals surface area (Å²) in [6, 6.07) is 14.4. The van der Waals surface area contributed by atoms with Crippen LogP contribution in [0, 0.1) is 5.41 Å². The molecule has 2 saturated heterocycles. The number of aromatic hydroxyl groups is 1. The van der Waals surface area contributed by atoms with Gasteiger partial charge in [0, 0.05) is 54.4 Å². The van der Waals surface area contributed by atoms with Crippen LogP contribution in [0.1, 0.15) is 76.2 Å². The Labute approximate surface area is 246 Å². The van der Waals surface area contributed by atoms with Crippen LogP contribution in [-0.2, 0) is 0 Å². The third-order valence-electron chi connectivity index (χ3n) is 8.19. The molecule has 5 rings (SSSR count). The number of carbonyl (C=O) groups is 3. The van der Waals surface area contributed by atoms with E-state index in [9.17, 15) is 19.5 Å². The van der Waals surface area contributed by atoms with E-state index in [-0.39, 0.29) is 46.4 Å². The molecular weight excluding hydrogens is 530 g/mol. The zero-order chi connectivity index (χ0) is 29.7. The highest BCUT2D eigenvalue weighted by Gasteiger charge is 2.29. The number of hydrogen-bond acceptors (Lipinski definition) is 7. The molecule has 4 N–H and O–H groups in total. The SMILES string of the molecule is CC1(C)CCCN(c2ccc(O)c(C(=O)c3ccc(C(=O)NC4CCCNCC4NC(=O)c4ccncc4)cc3)c2)C1. The monoisotopic (exact) mass is 569 g/mol. The van der Waals surface area contributed by atoms with Gasteiger partial charge in [-0.05, 0) is 80.1 Å². The topological polar surface area (TPSA) is 124 Å². The van der Waals surface area contributed by atoms with Crippen LogP contribution in [0.2, 0.25) is 0 Å². The molecular formula is C33H39N5O4. The summed E-state index contributed by atoms with van der Waals surface area (Å²) in [6.07, 6.45) is 6.95. The van der Waals surface area contributed by atoms with Crippen LogP contribution in [-0.4, -0.2) is 66.0 Å². The van der Waals surface area contributed by atoms with Gasteiger partial charge in [0.1, 0.15) is 5.75 Å². The molecule has 9 heteroatoms. The molecule has 42 heavy (non-hydrogen) atoms. The first-order chi connectivity index (χ1) is 20.2. The lowest BCUT2D eigenvalue weighted by Gasteiger charge is -2.39. The summed E-state index contributed by atoms with van der Waals surface area (Å²) in [5, 5.41) is 20.0. The van der Waals surface area contributed by atoms with E-state index in [1.54, 1.807) is 60.9 Å². The number of phenols is 1. The third-order valence-corrected chi connectivity index (χ3v) is 8.19. The maximum Gasteiger partial charge on any atom is 0.251 e. The van der Waals surface area contributed by atoms with Gasteiger partial charge in [0.25, 0.3) is 11.8 Å². The molecule has 2 aliphatic rings. The Morgan fingerprint density at radius 1 is 0.905 bits per heavy atom. The van der Waals surface area contributed by atoms with Gasteiger partial charge in [-0.1, -0.05) is 26.0 Å². The van der Waals surface area contributed by atoms with Gasteiger partial charge < -0.3 is 26.0 Å². The number of nitrogens with one attached hydrogen (secondary N) is 3. The van der Waals surface area contributed by atoms with Gasteiger partial charge in [-0.2, -0.15) is 0 Å². The molecule has 0 radical (unpaired) electrons. The minimum atomic E-state index is -0.300. The number of rotatable bonds is 7. The van der Waals surface area contributed by atoms with Crippen molar-refractivity contribution in [3.63, 3.8) is 0 Å². The van der Waals surface area contributed by atoms with Crippen molar-refractivity contribution < 1.29 is 19.5 Å². The number of carbonyl (C=O) groups excluding carboxylic acids is 3. The number of benzene rings is 2. The van der Waals surface area contributed by atoms with Crippen LogP contribution in [0.5, 0.6) is 5.75 Å². The number of aromatic nitrogens is 1. The Morgan fingerprint density at radius 2 is 1.57 bits per heavy atom. The maximum atomic E-state index is 13.4. The lowest BCUT2D eigenvalue weighted by atomic mass is 9.84. The zero-order valence-electron chi connectivity index (χ0n) is 24.2. The third kappa shape index (κ3) is 6.97. The Bertz CT molecular complexity index is 1420. The molecule has 0 spiro atoms. The molecule has 3 heterocycles. The first-order valence-electron chi connectivity index (χ1n) is 14.7. The van der Waals surface area contributed by atoms with Crippen molar-refractivity contribution in [2.24, 2.45) is 5.41 Å². The Morgan fingerprint density at radius 3 is 2.29 bits per heavy atom. The summed E-state index contributed by atoms with van der Waals surface area (Å²) in [5.74, 6) is -0.860. The molecule has 1 aromatic heterocycles. The summed E-state index contributed by atoms with van der Waals surface area (Å²) in [5.41, 5.74) is 2.66. The van der Waals surface area contributed by atoms with Crippen molar-refractivity contribution in [3.8, 4) is 5.75 Å². The fourth-order valence-corrected chi connectivity index (χ4v) is 5.85. The lowest BCUT2D eigenvalue weighted by Crippen LogP contribution is -2.54. The van der Waals surface area contributed by atoms with E-state index in [4.69, 9.17) is 0 Å². The van der Waals surface area contributed by atoms with Crippen molar-refractivity contribution in [1.29, 1.82) is 0 Å². The second-order valence-electron chi connectivity index (χ2n) is 12.0. The van der Waals surface area contributed by atoms with Gasteiger partial charge in [0.15, 0.2) is 5.78 Å². The summed E-state index contributed by atoms with van der Waals surface area (Å²) in [4.78, 5) is 45.6.